The third-order valence-corrected chi connectivity index (χ3v) is 5.51. The first-order valence-electron chi connectivity index (χ1n) is 9.74. The third kappa shape index (κ3) is 3.13. The monoisotopic (exact) mass is 372 g/mol. The number of nitrogens with one attached hydrogen (secondary N) is 1. The Bertz CT molecular complexity index is 1100. The minimum absolute atomic E-state index is 0.138. The minimum Gasteiger partial charge on any atom is -0.367 e. The number of ether oxygens (including phenoxy) is 1. The summed E-state index contributed by atoms with van der Waals surface area (Å²) in [4.78, 5) is 4.55. The molecule has 142 valence electrons. The van der Waals surface area contributed by atoms with Gasteiger partial charge >= 0.3 is 0 Å². The SMILES string of the molecule is Cn1cc(CNCC2Cn3c(-c4ccccc4)cnc3CO2)c2ccccc21. The molecule has 0 radical (unpaired) electrons. The van der Waals surface area contributed by atoms with Crippen LogP contribution in [0.1, 0.15) is 11.4 Å². The lowest BCUT2D eigenvalue weighted by molar-refractivity contribution is 0.00327. The maximum Gasteiger partial charge on any atom is 0.135 e. The first kappa shape index (κ1) is 17.2. The lowest BCUT2D eigenvalue weighted by Gasteiger charge is -2.26. The second-order valence-corrected chi connectivity index (χ2v) is 7.38. The predicted octanol–water partition coefficient (Wildman–Crippen LogP) is 3.73. The van der Waals surface area contributed by atoms with E-state index in [0.29, 0.717) is 6.61 Å². The Morgan fingerprint density at radius 2 is 1.93 bits per heavy atom. The predicted molar refractivity (Wildman–Crippen MR) is 111 cm³/mol. The van der Waals surface area contributed by atoms with E-state index in [9.17, 15) is 0 Å². The van der Waals surface area contributed by atoms with Crippen LogP contribution >= 0.6 is 0 Å². The van der Waals surface area contributed by atoms with Gasteiger partial charge in [0.1, 0.15) is 12.4 Å². The molecule has 0 amide bonds. The van der Waals surface area contributed by atoms with Crippen molar-refractivity contribution in [3.05, 3.63) is 78.4 Å². The van der Waals surface area contributed by atoms with Crippen molar-refractivity contribution in [1.82, 2.24) is 19.4 Å². The summed E-state index contributed by atoms with van der Waals surface area (Å²) in [6.45, 7) is 3.04. The van der Waals surface area contributed by atoms with Crippen molar-refractivity contribution in [2.24, 2.45) is 7.05 Å². The summed E-state index contributed by atoms with van der Waals surface area (Å²) in [5, 5.41) is 4.90. The molecule has 5 nitrogen and oxygen atoms in total. The van der Waals surface area contributed by atoms with Crippen molar-refractivity contribution in [3.8, 4) is 11.3 Å². The average molecular weight is 372 g/mol. The zero-order chi connectivity index (χ0) is 18.9. The molecule has 3 heterocycles. The van der Waals surface area contributed by atoms with Crippen molar-refractivity contribution >= 4 is 10.9 Å². The summed E-state index contributed by atoms with van der Waals surface area (Å²) in [5.74, 6) is 1.00. The van der Waals surface area contributed by atoms with Gasteiger partial charge in [0.2, 0.25) is 0 Å². The van der Waals surface area contributed by atoms with E-state index in [2.05, 4.69) is 81.2 Å². The molecule has 4 aromatic rings. The van der Waals surface area contributed by atoms with Crippen LogP contribution in [0.4, 0.5) is 0 Å². The Morgan fingerprint density at radius 1 is 1.11 bits per heavy atom. The number of aryl methyl sites for hydroxylation is 1. The quantitative estimate of drug-likeness (QED) is 0.581. The average Bonchev–Trinajstić information content (AvgIpc) is 3.30. The molecule has 0 spiro atoms. The topological polar surface area (TPSA) is 44.0 Å². The molecule has 0 saturated carbocycles. The molecule has 1 aliphatic heterocycles. The molecule has 1 N–H and O–H groups in total. The van der Waals surface area contributed by atoms with Crippen LogP contribution in [0.2, 0.25) is 0 Å². The highest BCUT2D eigenvalue weighted by Crippen LogP contribution is 2.25. The van der Waals surface area contributed by atoms with Crippen LogP contribution in [0.3, 0.4) is 0 Å². The van der Waals surface area contributed by atoms with E-state index in [1.807, 2.05) is 12.3 Å². The van der Waals surface area contributed by atoms with Gasteiger partial charge in [-0.3, -0.25) is 0 Å². The van der Waals surface area contributed by atoms with Crippen LogP contribution in [-0.2, 0) is 31.5 Å². The molecule has 0 bridgehead atoms. The highest BCUT2D eigenvalue weighted by Gasteiger charge is 2.22. The summed E-state index contributed by atoms with van der Waals surface area (Å²) in [5.41, 5.74) is 4.95. The Balaban J connectivity index is 1.27. The van der Waals surface area contributed by atoms with Crippen LogP contribution in [-0.4, -0.2) is 26.8 Å². The number of imidazole rings is 1. The summed E-state index contributed by atoms with van der Waals surface area (Å²) in [6, 6.07) is 19.0. The first-order chi connectivity index (χ1) is 13.8. The normalized spacial score (nSPS) is 16.4. The fourth-order valence-corrected chi connectivity index (χ4v) is 4.08. The number of hydrogen-bond acceptors (Lipinski definition) is 3. The summed E-state index contributed by atoms with van der Waals surface area (Å²) in [7, 11) is 2.10. The summed E-state index contributed by atoms with van der Waals surface area (Å²) >= 11 is 0. The van der Waals surface area contributed by atoms with E-state index >= 15 is 0 Å². The van der Waals surface area contributed by atoms with Gasteiger partial charge in [0.25, 0.3) is 0 Å². The minimum atomic E-state index is 0.138. The summed E-state index contributed by atoms with van der Waals surface area (Å²) < 4.78 is 10.5. The second-order valence-electron chi connectivity index (χ2n) is 7.38. The molecule has 2 aromatic carbocycles. The highest BCUT2D eigenvalue weighted by molar-refractivity contribution is 5.83. The molecular formula is C23H24N4O. The van der Waals surface area contributed by atoms with Gasteiger partial charge in [-0.1, -0.05) is 48.5 Å². The fraction of sp³-hybridized carbons (Fsp3) is 0.261. The lowest BCUT2D eigenvalue weighted by atomic mass is 10.1. The van der Waals surface area contributed by atoms with E-state index in [1.165, 1.54) is 22.0 Å². The van der Waals surface area contributed by atoms with E-state index in [0.717, 1.165) is 31.2 Å². The molecule has 0 aliphatic carbocycles. The number of fused-ring (bicyclic) bond motifs is 2. The molecule has 28 heavy (non-hydrogen) atoms. The van der Waals surface area contributed by atoms with Crippen LogP contribution in [0.25, 0.3) is 22.2 Å². The Hall–Kier alpha value is -2.89. The van der Waals surface area contributed by atoms with Gasteiger partial charge in [0.05, 0.1) is 24.5 Å². The number of hydrogen-bond donors (Lipinski definition) is 1. The van der Waals surface area contributed by atoms with E-state index in [4.69, 9.17) is 4.74 Å². The highest BCUT2D eigenvalue weighted by atomic mass is 16.5. The van der Waals surface area contributed by atoms with Crippen LogP contribution in [0.15, 0.2) is 67.0 Å². The number of rotatable bonds is 5. The molecule has 5 rings (SSSR count). The lowest BCUT2D eigenvalue weighted by Crippen LogP contribution is -2.36. The van der Waals surface area contributed by atoms with E-state index in [1.54, 1.807) is 0 Å². The fourth-order valence-electron chi connectivity index (χ4n) is 4.08. The van der Waals surface area contributed by atoms with Crippen molar-refractivity contribution in [2.75, 3.05) is 6.54 Å². The van der Waals surface area contributed by atoms with Gasteiger partial charge < -0.3 is 19.2 Å². The molecule has 2 aromatic heterocycles. The number of aromatic nitrogens is 3. The molecule has 5 heteroatoms. The number of nitrogens with zero attached hydrogens (tertiary/aromatic N) is 3. The number of para-hydroxylation sites is 1. The Morgan fingerprint density at radius 3 is 2.82 bits per heavy atom. The van der Waals surface area contributed by atoms with Crippen molar-refractivity contribution < 1.29 is 4.74 Å². The van der Waals surface area contributed by atoms with Crippen LogP contribution in [0.5, 0.6) is 0 Å². The van der Waals surface area contributed by atoms with Crippen molar-refractivity contribution in [1.29, 1.82) is 0 Å². The van der Waals surface area contributed by atoms with E-state index < -0.39 is 0 Å². The Labute approximate surface area is 164 Å². The van der Waals surface area contributed by atoms with Gasteiger partial charge in [0.15, 0.2) is 0 Å². The maximum absolute atomic E-state index is 6.03. The molecule has 0 fully saturated rings. The molecule has 1 atom stereocenters. The van der Waals surface area contributed by atoms with E-state index in [-0.39, 0.29) is 6.10 Å². The van der Waals surface area contributed by atoms with Gasteiger partial charge in [-0.2, -0.15) is 0 Å². The standard InChI is InChI=1S/C23H24N4O/c1-26-14-18(20-9-5-6-10-21(20)26)11-24-12-19-15-27-22(13-25-23(27)16-28-19)17-7-3-2-4-8-17/h2-10,13-14,19,24H,11-12,15-16H2,1H3. The maximum atomic E-state index is 6.03. The van der Waals surface area contributed by atoms with Crippen molar-refractivity contribution in [2.45, 2.75) is 25.8 Å². The van der Waals surface area contributed by atoms with Gasteiger partial charge in [0, 0.05) is 37.2 Å². The van der Waals surface area contributed by atoms with Crippen LogP contribution < -0.4 is 5.32 Å². The van der Waals surface area contributed by atoms with Gasteiger partial charge in [-0.25, -0.2) is 4.98 Å². The Kier molecular flexibility index (Phi) is 4.47. The molecule has 1 unspecified atom stereocenters. The number of benzene rings is 2. The largest absolute Gasteiger partial charge is 0.367 e. The molecule has 0 saturated heterocycles. The smallest absolute Gasteiger partial charge is 0.135 e. The van der Waals surface area contributed by atoms with Gasteiger partial charge in [-0.05, 0) is 17.2 Å². The molecule has 1 aliphatic rings. The first-order valence-corrected chi connectivity index (χ1v) is 9.74. The van der Waals surface area contributed by atoms with Crippen LogP contribution in [0, 0.1) is 0 Å². The molecular weight excluding hydrogens is 348 g/mol. The second kappa shape index (κ2) is 7.26. The summed E-state index contributed by atoms with van der Waals surface area (Å²) in [6.07, 6.45) is 4.31. The van der Waals surface area contributed by atoms with Gasteiger partial charge in [-0.15, -0.1) is 0 Å². The zero-order valence-corrected chi connectivity index (χ0v) is 16.0. The van der Waals surface area contributed by atoms with Crippen molar-refractivity contribution in [3.63, 3.8) is 0 Å². The zero-order valence-electron chi connectivity index (χ0n) is 16.0. The third-order valence-electron chi connectivity index (χ3n) is 5.51.